The number of halogens is 2. The lowest BCUT2D eigenvalue weighted by molar-refractivity contribution is 0.125. The summed E-state index contributed by atoms with van der Waals surface area (Å²) in [6.07, 6.45) is 6.75. The first-order chi connectivity index (χ1) is 12.1. The van der Waals surface area contributed by atoms with Crippen LogP contribution in [0.2, 0.25) is 0 Å². The molecule has 25 heavy (non-hydrogen) atoms. The molecule has 3 N–H and O–H groups in total. The van der Waals surface area contributed by atoms with Gasteiger partial charge in [0.1, 0.15) is 0 Å². The molecular formula is C15H18F2N6S2. The van der Waals surface area contributed by atoms with E-state index in [1.54, 1.807) is 18.1 Å². The van der Waals surface area contributed by atoms with Crippen LogP contribution in [0.3, 0.4) is 0 Å². The smallest absolute Gasteiger partial charge is 0.312 e. The van der Waals surface area contributed by atoms with Crippen molar-refractivity contribution in [3.05, 3.63) is 39.6 Å². The molecule has 0 amide bonds. The Bertz CT molecular complexity index is 714. The highest BCUT2D eigenvalue weighted by Crippen LogP contribution is 2.33. The third-order valence-electron chi connectivity index (χ3n) is 3.94. The molecule has 2 aliphatic heterocycles. The van der Waals surface area contributed by atoms with Gasteiger partial charge in [-0.05, 0) is 6.26 Å². The summed E-state index contributed by atoms with van der Waals surface area (Å²) < 4.78 is 28.3. The molecule has 0 spiro atoms. The number of alkyl halides is 2. The minimum atomic E-state index is -2.66. The van der Waals surface area contributed by atoms with E-state index in [9.17, 15) is 8.78 Å². The lowest BCUT2D eigenvalue weighted by atomic mass is 10.0. The van der Waals surface area contributed by atoms with Crippen LogP contribution in [0.4, 0.5) is 8.78 Å². The topological polar surface area (TPSA) is 76.4 Å². The first kappa shape index (κ1) is 18.0. The Morgan fingerprint density at radius 1 is 1.56 bits per heavy atom. The van der Waals surface area contributed by atoms with Gasteiger partial charge in [-0.3, -0.25) is 9.71 Å². The summed E-state index contributed by atoms with van der Waals surface area (Å²) in [4.78, 5) is 11.1. The predicted molar refractivity (Wildman–Crippen MR) is 98.3 cm³/mol. The third-order valence-corrected chi connectivity index (χ3v) is 5.27. The van der Waals surface area contributed by atoms with Gasteiger partial charge in [-0.25, -0.2) is 4.98 Å². The highest BCUT2D eigenvalue weighted by molar-refractivity contribution is 7.96. The van der Waals surface area contributed by atoms with E-state index in [4.69, 9.17) is 5.41 Å². The van der Waals surface area contributed by atoms with Gasteiger partial charge in [0.05, 0.1) is 6.54 Å². The zero-order valence-electron chi connectivity index (χ0n) is 13.5. The maximum absolute atomic E-state index is 12.5. The van der Waals surface area contributed by atoms with Crippen molar-refractivity contribution in [2.75, 3.05) is 19.3 Å². The van der Waals surface area contributed by atoms with E-state index in [2.05, 4.69) is 19.6 Å². The minimum Gasteiger partial charge on any atom is -0.336 e. The number of aromatic nitrogens is 1. The van der Waals surface area contributed by atoms with Gasteiger partial charge in [0, 0.05) is 59.8 Å². The van der Waals surface area contributed by atoms with Crippen LogP contribution in [0.15, 0.2) is 39.6 Å². The molecule has 2 aliphatic rings. The molecule has 0 aromatic carbocycles. The summed E-state index contributed by atoms with van der Waals surface area (Å²) in [5.74, 6) is 0.810. The maximum Gasteiger partial charge on any atom is 0.312 e. The number of thiazole rings is 1. The predicted octanol–water partition coefficient (Wildman–Crippen LogP) is 2.44. The first-order valence-electron chi connectivity index (χ1n) is 7.61. The molecule has 1 aromatic heterocycles. The van der Waals surface area contributed by atoms with E-state index < -0.39 is 6.55 Å². The molecule has 10 heteroatoms. The molecule has 3 rings (SSSR count). The molecule has 0 radical (unpaired) electrons. The summed E-state index contributed by atoms with van der Waals surface area (Å²) in [6, 6.07) is 0.221. The Kier molecular flexibility index (Phi) is 5.82. The Morgan fingerprint density at radius 3 is 3.04 bits per heavy atom. The van der Waals surface area contributed by atoms with Crippen LogP contribution in [-0.4, -0.2) is 53.9 Å². The lowest BCUT2D eigenvalue weighted by Gasteiger charge is -2.28. The van der Waals surface area contributed by atoms with E-state index in [-0.39, 0.29) is 6.04 Å². The number of aliphatic imine (C=N–C) groups is 1. The molecule has 0 bridgehead atoms. The van der Waals surface area contributed by atoms with Gasteiger partial charge >= 0.3 is 6.55 Å². The Hall–Kier alpha value is -1.78. The Morgan fingerprint density at radius 2 is 2.40 bits per heavy atom. The van der Waals surface area contributed by atoms with Crippen LogP contribution in [0.1, 0.15) is 11.4 Å². The highest BCUT2D eigenvalue weighted by atomic mass is 32.2. The van der Waals surface area contributed by atoms with E-state index >= 15 is 0 Å². The molecule has 0 aliphatic carbocycles. The molecule has 0 saturated carbocycles. The quantitative estimate of drug-likeness (QED) is 0.382. The Labute approximate surface area is 152 Å². The lowest BCUT2D eigenvalue weighted by Crippen LogP contribution is -2.35. The van der Waals surface area contributed by atoms with Gasteiger partial charge in [-0.1, -0.05) is 11.9 Å². The highest BCUT2D eigenvalue weighted by Gasteiger charge is 2.35. The average molecular weight is 384 g/mol. The summed E-state index contributed by atoms with van der Waals surface area (Å²) in [5, 5.41) is 12.3. The van der Waals surface area contributed by atoms with Crippen LogP contribution in [0.25, 0.3) is 0 Å². The molecule has 1 unspecified atom stereocenters. The van der Waals surface area contributed by atoms with Crippen molar-refractivity contribution in [3.63, 3.8) is 0 Å². The number of rotatable bonds is 7. The molecule has 1 atom stereocenters. The third kappa shape index (κ3) is 3.91. The van der Waals surface area contributed by atoms with Crippen molar-refractivity contribution < 1.29 is 8.78 Å². The van der Waals surface area contributed by atoms with Crippen molar-refractivity contribution in [1.29, 1.82) is 5.41 Å². The number of hydrogen-bond donors (Lipinski definition) is 3. The fourth-order valence-electron chi connectivity index (χ4n) is 2.96. The zero-order valence-corrected chi connectivity index (χ0v) is 15.1. The number of amidine groups is 1. The van der Waals surface area contributed by atoms with Gasteiger partial charge in [0.2, 0.25) is 0 Å². The van der Waals surface area contributed by atoms with E-state index in [0.717, 1.165) is 41.3 Å². The second-order valence-corrected chi connectivity index (χ2v) is 6.99. The van der Waals surface area contributed by atoms with Gasteiger partial charge < -0.3 is 15.6 Å². The van der Waals surface area contributed by atoms with E-state index in [1.165, 1.54) is 17.5 Å². The summed E-state index contributed by atoms with van der Waals surface area (Å²) in [7, 11) is 0. The van der Waals surface area contributed by atoms with Crippen LogP contribution >= 0.6 is 23.3 Å². The monoisotopic (exact) mass is 384 g/mol. The van der Waals surface area contributed by atoms with E-state index in [0.29, 0.717) is 12.1 Å². The van der Waals surface area contributed by atoms with E-state index in [1.807, 2.05) is 17.0 Å². The normalized spacial score (nSPS) is 20.8. The fourth-order valence-corrected chi connectivity index (χ4v) is 4.10. The van der Waals surface area contributed by atoms with Crippen molar-refractivity contribution in [1.82, 2.24) is 19.9 Å². The van der Waals surface area contributed by atoms with Crippen molar-refractivity contribution in [3.8, 4) is 0 Å². The second kappa shape index (κ2) is 8.07. The first-order valence-corrected chi connectivity index (χ1v) is 9.72. The summed E-state index contributed by atoms with van der Waals surface area (Å²) in [6.45, 7) is -1.59. The largest absolute Gasteiger partial charge is 0.336 e. The molecule has 3 heterocycles. The number of nitrogens with zero attached hydrogens (tertiary/aromatic N) is 3. The number of hydrogen-bond acceptors (Lipinski definition) is 8. The van der Waals surface area contributed by atoms with Gasteiger partial charge in [-0.2, -0.15) is 8.78 Å². The fraction of sp³-hybridized carbons (Fsp3) is 0.400. The Balaban J connectivity index is 1.95. The van der Waals surface area contributed by atoms with Gasteiger partial charge in [0.15, 0.2) is 10.8 Å². The summed E-state index contributed by atoms with van der Waals surface area (Å²) in [5.41, 5.74) is 2.23. The van der Waals surface area contributed by atoms with Gasteiger partial charge in [-0.15, -0.1) is 11.3 Å². The number of fused-ring (bicyclic) bond motifs is 1. The number of nitrogens with one attached hydrogen (secondary N) is 3. The molecule has 134 valence electrons. The molecule has 1 saturated heterocycles. The zero-order chi connectivity index (χ0) is 17.8. The SMILES string of the molecule is CSNC1CC2=C(/C(C=N)=C/NC(F)F)CN=C(c3nccs3)N2C1. The van der Waals surface area contributed by atoms with Crippen LogP contribution < -0.4 is 10.0 Å². The van der Waals surface area contributed by atoms with Crippen LogP contribution in [0, 0.1) is 5.41 Å². The minimum absolute atomic E-state index is 0.221. The second-order valence-electron chi connectivity index (χ2n) is 5.45. The maximum atomic E-state index is 12.5. The van der Waals surface area contributed by atoms with Crippen LogP contribution in [0.5, 0.6) is 0 Å². The standard InChI is InChI=1S/C15H18F2N6S2/c1-24-22-10-4-12-11(9(5-18)6-21-15(16)17)7-20-13(23(12)8-10)14-19-2-3-25-14/h2-3,5-6,10,15,18,21-22H,4,7-8H2,1H3/b9-6+,18-5?. The van der Waals surface area contributed by atoms with Crippen LogP contribution in [-0.2, 0) is 0 Å². The molecule has 6 nitrogen and oxygen atoms in total. The molecular weight excluding hydrogens is 366 g/mol. The molecule has 1 aromatic rings. The van der Waals surface area contributed by atoms with Crippen molar-refractivity contribution in [2.45, 2.75) is 19.0 Å². The van der Waals surface area contributed by atoms with Gasteiger partial charge in [0.25, 0.3) is 0 Å². The molecule has 1 fully saturated rings. The summed E-state index contributed by atoms with van der Waals surface area (Å²) >= 11 is 3.07. The van der Waals surface area contributed by atoms with Crippen molar-refractivity contribution >= 4 is 35.3 Å². The van der Waals surface area contributed by atoms with Crippen molar-refractivity contribution in [2.24, 2.45) is 4.99 Å². The average Bonchev–Trinajstić information content (AvgIpc) is 3.24.